The van der Waals surface area contributed by atoms with Gasteiger partial charge < -0.3 is 18.9 Å². The van der Waals surface area contributed by atoms with Gasteiger partial charge >= 0.3 is 0 Å². The van der Waals surface area contributed by atoms with Crippen LogP contribution in [-0.2, 0) is 23.7 Å². The Morgan fingerprint density at radius 1 is 1.47 bits per heavy atom. The van der Waals surface area contributed by atoms with E-state index in [1.54, 1.807) is 7.11 Å². The Hall–Kier alpha value is -0.490. The average molecular weight is 246 g/mol. The van der Waals surface area contributed by atoms with E-state index >= 15 is 0 Å². The third-order valence-electron chi connectivity index (χ3n) is 2.54. The Kier molecular flexibility index (Phi) is 7.35. The van der Waals surface area contributed by atoms with Gasteiger partial charge in [0, 0.05) is 20.1 Å². The van der Waals surface area contributed by atoms with Crippen LogP contribution in [0.1, 0.15) is 32.6 Å². The molecule has 5 nitrogen and oxygen atoms in total. The van der Waals surface area contributed by atoms with E-state index in [0.29, 0.717) is 0 Å². The summed E-state index contributed by atoms with van der Waals surface area (Å²) in [6, 6.07) is 0. The van der Waals surface area contributed by atoms with Crippen LogP contribution >= 0.6 is 0 Å². The van der Waals surface area contributed by atoms with Gasteiger partial charge in [-0.1, -0.05) is 13.3 Å². The van der Waals surface area contributed by atoms with Gasteiger partial charge in [0.15, 0.2) is 18.4 Å². The van der Waals surface area contributed by atoms with Gasteiger partial charge in [-0.25, -0.2) is 0 Å². The molecule has 0 aliphatic carbocycles. The number of ketones is 1. The first-order chi connectivity index (χ1) is 8.26. The van der Waals surface area contributed by atoms with Gasteiger partial charge in [-0.2, -0.15) is 0 Å². The molecule has 1 saturated heterocycles. The van der Waals surface area contributed by atoms with Gasteiger partial charge in [0.1, 0.15) is 13.2 Å². The Bertz CT molecular complexity index is 213. The first-order valence-electron chi connectivity index (χ1n) is 6.15. The standard InChI is InChI=1S/C12H22O5/c1-3-5-11(14-2)16-8-10(13)9-17-12-6-4-7-15-12/h11-12H,3-9H2,1-2H3. The minimum absolute atomic E-state index is 0.0330. The van der Waals surface area contributed by atoms with Gasteiger partial charge in [-0.15, -0.1) is 0 Å². The number of carbonyl (C=O) groups excluding carboxylic acids is 1. The molecule has 17 heavy (non-hydrogen) atoms. The van der Waals surface area contributed by atoms with E-state index in [1.807, 2.05) is 6.92 Å². The number of rotatable bonds is 9. The van der Waals surface area contributed by atoms with Crippen LogP contribution in [-0.4, -0.2) is 45.3 Å². The van der Waals surface area contributed by atoms with Gasteiger partial charge in [0.25, 0.3) is 0 Å². The molecule has 0 amide bonds. The van der Waals surface area contributed by atoms with Crippen LogP contribution in [0.3, 0.4) is 0 Å². The molecule has 0 bridgehead atoms. The third kappa shape index (κ3) is 6.12. The zero-order valence-corrected chi connectivity index (χ0v) is 10.6. The summed E-state index contributed by atoms with van der Waals surface area (Å²) >= 11 is 0. The molecule has 0 spiro atoms. The fourth-order valence-electron chi connectivity index (χ4n) is 1.60. The monoisotopic (exact) mass is 246 g/mol. The predicted octanol–water partition coefficient (Wildman–Crippen LogP) is 1.50. The van der Waals surface area contributed by atoms with Crippen molar-refractivity contribution < 1.29 is 23.7 Å². The lowest BCUT2D eigenvalue weighted by atomic mass is 10.3. The van der Waals surface area contributed by atoms with Crippen molar-refractivity contribution in [2.45, 2.75) is 45.2 Å². The normalized spacial score (nSPS) is 21.6. The van der Waals surface area contributed by atoms with Gasteiger partial charge in [0.05, 0.1) is 0 Å². The molecule has 1 heterocycles. The SMILES string of the molecule is CCCC(OC)OCC(=O)COC1CCCO1. The van der Waals surface area contributed by atoms with E-state index in [1.165, 1.54) is 0 Å². The first kappa shape index (κ1) is 14.6. The van der Waals surface area contributed by atoms with Crippen LogP contribution in [0.4, 0.5) is 0 Å². The van der Waals surface area contributed by atoms with Gasteiger partial charge in [0.2, 0.25) is 0 Å². The number of carbonyl (C=O) groups is 1. The molecule has 5 heteroatoms. The summed E-state index contributed by atoms with van der Waals surface area (Å²) in [6.07, 6.45) is 3.09. The molecule has 0 aromatic rings. The lowest BCUT2D eigenvalue weighted by Gasteiger charge is -2.15. The highest BCUT2D eigenvalue weighted by molar-refractivity contribution is 5.80. The van der Waals surface area contributed by atoms with E-state index in [2.05, 4.69) is 0 Å². The zero-order chi connectivity index (χ0) is 12.5. The smallest absolute Gasteiger partial charge is 0.184 e. The van der Waals surface area contributed by atoms with Crippen molar-refractivity contribution in [2.24, 2.45) is 0 Å². The molecule has 2 atom stereocenters. The summed E-state index contributed by atoms with van der Waals surface area (Å²) in [6.45, 7) is 2.84. The third-order valence-corrected chi connectivity index (χ3v) is 2.54. The molecule has 100 valence electrons. The first-order valence-corrected chi connectivity index (χ1v) is 6.15. The van der Waals surface area contributed by atoms with Crippen molar-refractivity contribution in [3.05, 3.63) is 0 Å². The molecule has 1 fully saturated rings. The Balaban J connectivity index is 2.07. The molecule has 0 saturated carbocycles. The van der Waals surface area contributed by atoms with Crippen molar-refractivity contribution in [1.29, 1.82) is 0 Å². The highest BCUT2D eigenvalue weighted by atomic mass is 16.7. The fraction of sp³-hybridized carbons (Fsp3) is 0.917. The maximum Gasteiger partial charge on any atom is 0.184 e. The van der Waals surface area contributed by atoms with Crippen LogP contribution in [0, 0.1) is 0 Å². The maximum atomic E-state index is 11.5. The highest BCUT2D eigenvalue weighted by Crippen LogP contribution is 2.12. The Morgan fingerprint density at radius 3 is 2.88 bits per heavy atom. The second-order valence-electron chi connectivity index (χ2n) is 4.06. The zero-order valence-electron chi connectivity index (χ0n) is 10.6. The molecule has 0 aromatic carbocycles. The fourth-order valence-corrected chi connectivity index (χ4v) is 1.60. The summed E-state index contributed by atoms with van der Waals surface area (Å²) in [5.74, 6) is -0.0846. The van der Waals surface area contributed by atoms with E-state index in [4.69, 9.17) is 18.9 Å². The minimum Gasteiger partial charge on any atom is -0.356 e. The molecular weight excluding hydrogens is 224 g/mol. The van der Waals surface area contributed by atoms with Crippen LogP contribution < -0.4 is 0 Å². The summed E-state index contributed by atoms with van der Waals surface area (Å²) in [5.41, 5.74) is 0. The molecule has 0 radical (unpaired) electrons. The summed E-state index contributed by atoms with van der Waals surface area (Å²) in [4.78, 5) is 11.5. The van der Waals surface area contributed by atoms with E-state index in [-0.39, 0.29) is 31.6 Å². The number of hydrogen-bond donors (Lipinski definition) is 0. The van der Waals surface area contributed by atoms with E-state index in [9.17, 15) is 4.79 Å². The molecular formula is C12H22O5. The summed E-state index contributed by atoms with van der Waals surface area (Å²) < 4.78 is 20.9. The van der Waals surface area contributed by atoms with Crippen molar-refractivity contribution in [3.8, 4) is 0 Å². The number of hydrogen-bond acceptors (Lipinski definition) is 5. The van der Waals surface area contributed by atoms with Gasteiger partial charge in [-0.3, -0.25) is 4.79 Å². The molecule has 2 unspecified atom stereocenters. The van der Waals surface area contributed by atoms with Crippen LogP contribution in [0.25, 0.3) is 0 Å². The second-order valence-corrected chi connectivity index (χ2v) is 4.06. The molecule has 1 aliphatic rings. The summed E-state index contributed by atoms with van der Waals surface area (Å²) in [5, 5.41) is 0. The average Bonchev–Trinajstić information content (AvgIpc) is 2.85. The van der Waals surface area contributed by atoms with E-state index in [0.717, 1.165) is 32.3 Å². The van der Waals surface area contributed by atoms with Crippen molar-refractivity contribution in [1.82, 2.24) is 0 Å². The molecule has 1 rings (SSSR count). The predicted molar refractivity (Wildman–Crippen MR) is 61.6 cm³/mol. The maximum absolute atomic E-state index is 11.5. The topological polar surface area (TPSA) is 54.0 Å². The summed E-state index contributed by atoms with van der Waals surface area (Å²) in [7, 11) is 1.58. The second kappa shape index (κ2) is 8.58. The number of methoxy groups -OCH3 is 1. The van der Waals surface area contributed by atoms with Crippen LogP contribution in [0.15, 0.2) is 0 Å². The van der Waals surface area contributed by atoms with Crippen molar-refractivity contribution >= 4 is 5.78 Å². The Morgan fingerprint density at radius 2 is 2.29 bits per heavy atom. The van der Waals surface area contributed by atoms with Crippen molar-refractivity contribution in [2.75, 3.05) is 26.9 Å². The highest BCUT2D eigenvalue weighted by Gasteiger charge is 2.17. The van der Waals surface area contributed by atoms with Crippen LogP contribution in [0.2, 0.25) is 0 Å². The van der Waals surface area contributed by atoms with Crippen LogP contribution in [0.5, 0.6) is 0 Å². The minimum atomic E-state index is -0.299. The van der Waals surface area contributed by atoms with Gasteiger partial charge in [-0.05, 0) is 12.8 Å². The van der Waals surface area contributed by atoms with Crippen molar-refractivity contribution in [3.63, 3.8) is 0 Å². The quantitative estimate of drug-likeness (QED) is 0.577. The number of Topliss-reactive ketones (excluding diaryl/α,β-unsaturated/α-hetero) is 1. The number of ether oxygens (including phenoxy) is 4. The lowest BCUT2D eigenvalue weighted by Crippen LogP contribution is -2.24. The lowest BCUT2D eigenvalue weighted by molar-refractivity contribution is -0.161. The molecule has 1 aliphatic heterocycles. The molecule has 0 aromatic heterocycles. The Labute approximate surface area is 102 Å². The van der Waals surface area contributed by atoms with E-state index < -0.39 is 0 Å². The largest absolute Gasteiger partial charge is 0.356 e. The molecule has 0 N–H and O–H groups in total.